The maximum Gasteiger partial charge on any atom is 0.237 e. The molecular formula is C12H13N3O3. The van der Waals surface area contributed by atoms with E-state index in [4.69, 9.17) is 20.1 Å². The van der Waals surface area contributed by atoms with Crippen LogP contribution in [0.15, 0.2) is 28.8 Å². The Labute approximate surface area is 103 Å². The number of para-hydroxylation sites is 1. The van der Waals surface area contributed by atoms with E-state index >= 15 is 0 Å². The van der Waals surface area contributed by atoms with Crippen LogP contribution in [0.1, 0.15) is 29.2 Å². The molecule has 2 aromatic rings. The highest BCUT2D eigenvalue weighted by Crippen LogP contribution is 2.37. The van der Waals surface area contributed by atoms with Crippen LogP contribution in [0.4, 0.5) is 0 Å². The van der Waals surface area contributed by atoms with Crippen LogP contribution in [0.25, 0.3) is 0 Å². The van der Waals surface area contributed by atoms with Gasteiger partial charge in [-0.3, -0.25) is 0 Å². The van der Waals surface area contributed by atoms with E-state index in [1.165, 1.54) is 0 Å². The minimum atomic E-state index is -0.611. The van der Waals surface area contributed by atoms with Gasteiger partial charge in [0, 0.05) is 5.56 Å². The van der Waals surface area contributed by atoms with Crippen LogP contribution in [0.2, 0.25) is 0 Å². The number of nitrogens with zero attached hydrogens (tertiary/aromatic N) is 2. The zero-order valence-electron chi connectivity index (χ0n) is 9.61. The second-order valence-electron chi connectivity index (χ2n) is 4.18. The summed E-state index contributed by atoms with van der Waals surface area (Å²) in [5.41, 5.74) is 6.67. The fourth-order valence-electron chi connectivity index (χ4n) is 1.99. The van der Waals surface area contributed by atoms with Crippen LogP contribution >= 0.6 is 0 Å². The lowest BCUT2D eigenvalue weighted by Gasteiger charge is -2.02. The number of rotatable bonds is 3. The first-order valence-electron chi connectivity index (χ1n) is 5.71. The van der Waals surface area contributed by atoms with Crippen molar-refractivity contribution in [2.24, 2.45) is 5.73 Å². The van der Waals surface area contributed by atoms with E-state index in [9.17, 15) is 0 Å². The van der Waals surface area contributed by atoms with E-state index in [1.54, 1.807) is 0 Å². The molecule has 0 bridgehead atoms. The highest BCUT2D eigenvalue weighted by Gasteiger charge is 2.30. The molecule has 0 fully saturated rings. The molecule has 2 atom stereocenters. The zero-order chi connectivity index (χ0) is 12.5. The average Bonchev–Trinajstić information content (AvgIpc) is 3.03. The lowest BCUT2D eigenvalue weighted by molar-refractivity contribution is 0.258. The van der Waals surface area contributed by atoms with Crippen molar-refractivity contribution in [1.82, 2.24) is 10.1 Å². The van der Waals surface area contributed by atoms with Gasteiger partial charge in [0.1, 0.15) is 18.3 Å². The standard InChI is InChI=1S/C12H13N3O3/c13-9(5-16)11-14-12(18-15-11)8-6-17-10-4-2-1-3-7(8)10/h1-4,8-9,16H,5-6,13H2. The summed E-state index contributed by atoms with van der Waals surface area (Å²) < 4.78 is 10.7. The van der Waals surface area contributed by atoms with E-state index in [0.29, 0.717) is 18.3 Å². The summed E-state index contributed by atoms with van der Waals surface area (Å²) in [4.78, 5) is 4.22. The molecular weight excluding hydrogens is 234 g/mol. The van der Waals surface area contributed by atoms with Gasteiger partial charge in [-0.25, -0.2) is 0 Å². The number of benzene rings is 1. The normalized spacial score (nSPS) is 19.3. The second-order valence-corrected chi connectivity index (χ2v) is 4.18. The van der Waals surface area contributed by atoms with Crippen molar-refractivity contribution in [3.8, 4) is 5.75 Å². The van der Waals surface area contributed by atoms with Gasteiger partial charge in [0.15, 0.2) is 5.82 Å². The third-order valence-corrected chi connectivity index (χ3v) is 2.98. The summed E-state index contributed by atoms with van der Waals surface area (Å²) in [6.45, 7) is 0.270. The van der Waals surface area contributed by atoms with Crippen LogP contribution in [-0.2, 0) is 0 Å². The van der Waals surface area contributed by atoms with Crippen LogP contribution in [-0.4, -0.2) is 28.5 Å². The minimum absolute atomic E-state index is 0.0617. The maximum atomic E-state index is 8.95. The van der Waals surface area contributed by atoms with Gasteiger partial charge in [0.25, 0.3) is 0 Å². The van der Waals surface area contributed by atoms with Gasteiger partial charge >= 0.3 is 0 Å². The van der Waals surface area contributed by atoms with Gasteiger partial charge in [0.2, 0.25) is 5.89 Å². The zero-order valence-corrected chi connectivity index (χ0v) is 9.61. The van der Waals surface area contributed by atoms with Gasteiger partial charge in [-0.1, -0.05) is 23.4 Å². The van der Waals surface area contributed by atoms with E-state index in [2.05, 4.69) is 10.1 Å². The largest absolute Gasteiger partial charge is 0.492 e. The average molecular weight is 247 g/mol. The van der Waals surface area contributed by atoms with Crippen molar-refractivity contribution in [2.75, 3.05) is 13.2 Å². The third-order valence-electron chi connectivity index (χ3n) is 2.98. The predicted molar refractivity (Wildman–Crippen MR) is 62.1 cm³/mol. The minimum Gasteiger partial charge on any atom is -0.492 e. The topological polar surface area (TPSA) is 94.4 Å². The van der Waals surface area contributed by atoms with Gasteiger partial charge in [0.05, 0.1) is 12.6 Å². The second kappa shape index (κ2) is 4.40. The number of aromatic nitrogens is 2. The molecule has 0 spiro atoms. The highest BCUT2D eigenvalue weighted by molar-refractivity contribution is 5.42. The molecule has 2 heterocycles. The number of nitrogens with two attached hydrogens (primary N) is 1. The first kappa shape index (κ1) is 11.2. The Kier molecular flexibility index (Phi) is 2.73. The number of hydrogen-bond donors (Lipinski definition) is 2. The molecule has 3 rings (SSSR count). The molecule has 1 aliphatic rings. The van der Waals surface area contributed by atoms with E-state index in [1.807, 2.05) is 24.3 Å². The van der Waals surface area contributed by atoms with Crippen LogP contribution in [0.5, 0.6) is 5.75 Å². The first-order chi connectivity index (χ1) is 8.79. The Morgan fingerprint density at radius 3 is 3.11 bits per heavy atom. The summed E-state index contributed by atoms with van der Waals surface area (Å²) in [7, 11) is 0. The lowest BCUT2D eigenvalue weighted by Crippen LogP contribution is -2.16. The molecule has 18 heavy (non-hydrogen) atoms. The molecule has 2 unspecified atom stereocenters. The number of hydrogen-bond acceptors (Lipinski definition) is 6. The SMILES string of the molecule is NC(CO)c1noc(C2COc3ccccc32)n1. The third kappa shape index (κ3) is 1.75. The number of aliphatic hydroxyl groups is 1. The Morgan fingerprint density at radius 2 is 2.28 bits per heavy atom. The predicted octanol–water partition coefficient (Wildman–Crippen LogP) is 0.586. The Balaban J connectivity index is 1.91. The Morgan fingerprint density at radius 1 is 1.44 bits per heavy atom. The molecule has 0 aliphatic carbocycles. The van der Waals surface area contributed by atoms with Crippen molar-refractivity contribution in [3.63, 3.8) is 0 Å². The Hall–Kier alpha value is -1.92. The molecule has 0 saturated carbocycles. The molecule has 0 radical (unpaired) electrons. The smallest absolute Gasteiger partial charge is 0.237 e. The summed E-state index contributed by atoms with van der Waals surface area (Å²) >= 11 is 0. The summed E-state index contributed by atoms with van der Waals surface area (Å²) in [6, 6.07) is 7.13. The first-order valence-corrected chi connectivity index (χ1v) is 5.71. The molecule has 6 heteroatoms. The molecule has 1 aliphatic heterocycles. The van der Waals surface area contributed by atoms with E-state index in [0.717, 1.165) is 11.3 Å². The van der Waals surface area contributed by atoms with Crippen molar-refractivity contribution in [2.45, 2.75) is 12.0 Å². The van der Waals surface area contributed by atoms with Gasteiger partial charge < -0.3 is 20.1 Å². The van der Waals surface area contributed by atoms with Crippen LogP contribution in [0, 0.1) is 0 Å². The van der Waals surface area contributed by atoms with E-state index < -0.39 is 6.04 Å². The monoisotopic (exact) mass is 247 g/mol. The summed E-state index contributed by atoms with van der Waals surface area (Å²) in [5.74, 6) is 1.57. The molecule has 1 aromatic heterocycles. The van der Waals surface area contributed by atoms with Gasteiger partial charge in [-0.2, -0.15) is 4.98 Å². The summed E-state index contributed by atoms with van der Waals surface area (Å²) in [6.07, 6.45) is 0. The highest BCUT2D eigenvalue weighted by atomic mass is 16.5. The molecule has 0 saturated heterocycles. The molecule has 6 nitrogen and oxygen atoms in total. The fraction of sp³-hybridized carbons (Fsp3) is 0.333. The molecule has 0 amide bonds. The van der Waals surface area contributed by atoms with Crippen molar-refractivity contribution in [3.05, 3.63) is 41.5 Å². The van der Waals surface area contributed by atoms with Crippen molar-refractivity contribution >= 4 is 0 Å². The summed E-state index contributed by atoms with van der Waals surface area (Å²) in [5, 5.41) is 12.7. The van der Waals surface area contributed by atoms with Crippen molar-refractivity contribution in [1.29, 1.82) is 0 Å². The van der Waals surface area contributed by atoms with Crippen LogP contribution < -0.4 is 10.5 Å². The Bertz CT molecular complexity index is 555. The van der Waals surface area contributed by atoms with E-state index in [-0.39, 0.29) is 12.5 Å². The number of aliphatic hydroxyl groups excluding tert-OH is 1. The lowest BCUT2D eigenvalue weighted by atomic mass is 10.0. The fourth-order valence-corrected chi connectivity index (χ4v) is 1.99. The van der Waals surface area contributed by atoms with Gasteiger partial charge in [-0.15, -0.1) is 0 Å². The van der Waals surface area contributed by atoms with Crippen LogP contribution in [0.3, 0.4) is 0 Å². The number of fused-ring (bicyclic) bond motifs is 1. The quantitative estimate of drug-likeness (QED) is 0.824. The number of ether oxygens (including phenoxy) is 1. The maximum absolute atomic E-state index is 8.95. The molecule has 94 valence electrons. The van der Waals surface area contributed by atoms with Gasteiger partial charge in [-0.05, 0) is 6.07 Å². The molecule has 3 N–H and O–H groups in total. The molecule has 1 aromatic carbocycles. The van der Waals surface area contributed by atoms with Crippen molar-refractivity contribution < 1.29 is 14.4 Å².